The summed E-state index contributed by atoms with van der Waals surface area (Å²) in [5, 5.41) is 0. The summed E-state index contributed by atoms with van der Waals surface area (Å²) in [6.45, 7) is 0. The third-order valence-electron chi connectivity index (χ3n) is 0.911. The third-order valence-corrected chi connectivity index (χ3v) is 2.13. The Hall–Kier alpha value is 0.240. The van der Waals surface area contributed by atoms with E-state index < -0.39 is 0 Å². The van der Waals surface area contributed by atoms with Gasteiger partial charge in [-0.25, -0.2) is 0 Å². The van der Waals surface area contributed by atoms with Crippen LogP contribution in [0.15, 0.2) is 21.3 Å². The SMILES string of the molecule is Cn1cc(Br)cc1Br. The molecule has 0 N–H and O–H groups in total. The van der Waals surface area contributed by atoms with Crippen molar-refractivity contribution >= 4 is 31.9 Å². The van der Waals surface area contributed by atoms with Crippen LogP contribution in [0.5, 0.6) is 0 Å². The van der Waals surface area contributed by atoms with E-state index in [1.165, 1.54) is 0 Å². The lowest BCUT2D eigenvalue weighted by Crippen LogP contribution is -1.80. The van der Waals surface area contributed by atoms with Gasteiger partial charge in [-0.05, 0) is 37.9 Å². The average Bonchev–Trinajstić information content (AvgIpc) is 1.85. The largest absolute Gasteiger partial charge is 0.344 e. The highest BCUT2D eigenvalue weighted by Crippen LogP contribution is 2.17. The van der Waals surface area contributed by atoms with Gasteiger partial charge in [-0.15, -0.1) is 0 Å². The van der Waals surface area contributed by atoms with Crippen molar-refractivity contribution in [1.29, 1.82) is 0 Å². The van der Waals surface area contributed by atoms with Crippen molar-refractivity contribution in [3.05, 3.63) is 21.3 Å². The van der Waals surface area contributed by atoms with E-state index in [1.54, 1.807) is 0 Å². The smallest absolute Gasteiger partial charge is 0.0855 e. The Morgan fingerprint density at radius 1 is 1.50 bits per heavy atom. The molecule has 0 unspecified atom stereocenters. The molecule has 0 spiro atoms. The zero-order valence-corrected chi connectivity index (χ0v) is 7.53. The lowest BCUT2D eigenvalue weighted by Gasteiger charge is -1.87. The lowest BCUT2D eigenvalue weighted by atomic mass is 10.7. The van der Waals surface area contributed by atoms with Crippen LogP contribution in [0.2, 0.25) is 0 Å². The van der Waals surface area contributed by atoms with Crippen LogP contribution in [0.4, 0.5) is 0 Å². The van der Waals surface area contributed by atoms with Gasteiger partial charge in [0.25, 0.3) is 0 Å². The van der Waals surface area contributed by atoms with E-state index in [-0.39, 0.29) is 0 Å². The first-order valence-electron chi connectivity index (χ1n) is 2.17. The van der Waals surface area contributed by atoms with Gasteiger partial charge in [-0.2, -0.15) is 0 Å². The lowest BCUT2D eigenvalue weighted by molar-refractivity contribution is 0.900. The molecule has 3 heteroatoms. The summed E-state index contributed by atoms with van der Waals surface area (Å²) < 4.78 is 4.18. The molecule has 0 amide bonds. The molecule has 0 atom stereocenters. The van der Waals surface area contributed by atoms with Crippen molar-refractivity contribution in [1.82, 2.24) is 4.57 Å². The maximum absolute atomic E-state index is 3.35. The molecule has 0 aromatic carbocycles. The molecule has 1 aromatic heterocycles. The highest BCUT2D eigenvalue weighted by atomic mass is 79.9. The van der Waals surface area contributed by atoms with Crippen molar-refractivity contribution < 1.29 is 0 Å². The summed E-state index contributed by atoms with van der Waals surface area (Å²) in [5.74, 6) is 0. The second-order valence-electron chi connectivity index (χ2n) is 1.59. The van der Waals surface area contributed by atoms with Gasteiger partial charge in [0, 0.05) is 17.7 Å². The maximum Gasteiger partial charge on any atom is 0.0855 e. The van der Waals surface area contributed by atoms with Crippen molar-refractivity contribution in [2.75, 3.05) is 0 Å². The molecule has 1 nitrogen and oxygen atoms in total. The maximum atomic E-state index is 3.35. The van der Waals surface area contributed by atoms with Crippen LogP contribution in [0, 0.1) is 0 Å². The number of aromatic nitrogens is 1. The van der Waals surface area contributed by atoms with E-state index in [0.29, 0.717) is 0 Å². The first kappa shape index (κ1) is 6.36. The van der Waals surface area contributed by atoms with E-state index in [1.807, 2.05) is 23.9 Å². The highest BCUT2D eigenvalue weighted by Gasteiger charge is 1.93. The summed E-state index contributed by atoms with van der Waals surface area (Å²) >= 11 is 6.68. The van der Waals surface area contributed by atoms with Crippen molar-refractivity contribution in [2.45, 2.75) is 0 Å². The van der Waals surface area contributed by atoms with Crippen molar-refractivity contribution in [3.63, 3.8) is 0 Å². The molecule has 0 fully saturated rings. The Kier molecular flexibility index (Phi) is 1.77. The predicted molar refractivity (Wildman–Crippen MR) is 40.8 cm³/mol. The van der Waals surface area contributed by atoms with Crippen LogP contribution in [0.1, 0.15) is 0 Å². The van der Waals surface area contributed by atoms with Crippen LogP contribution < -0.4 is 0 Å². The molecule has 0 bridgehead atoms. The minimum absolute atomic E-state index is 1.09. The fraction of sp³-hybridized carbons (Fsp3) is 0.200. The minimum Gasteiger partial charge on any atom is -0.344 e. The molecule has 0 saturated carbocycles. The van der Waals surface area contributed by atoms with Crippen LogP contribution in [-0.4, -0.2) is 4.57 Å². The molecule has 1 rings (SSSR count). The van der Waals surface area contributed by atoms with E-state index in [0.717, 1.165) is 9.08 Å². The molecule has 0 saturated heterocycles. The molecule has 8 heavy (non-hydrogen) atoms. The van der Waals surface area contributed by atoms with E-state index in [2.05, 4.69) is 31.9 Å². The van der Waals surface area contributed by atoms with Crippen LogP contribution in [-0.2, 0) is 7.05 Å². The van der Waals surface area contributed by atoms with Gasteiger partial charge < -0.3 is 4.57 Å². The van der Waals surface area contributed by atoms with Crippen molar-refractivity contribution in [3.8, 4) is 0 Å². The van der Waals surface area contributed by atoms with E-state index in [9.17, 15) is 0 Å². The third kappa shape index (κ3) is 1.14. The Morgan fingerprint density at radius 2 is 2.12 bits per heavy atom. The molecular formula is C5H5Br2N. The average molecular weight is 239 g/mol. The molecule has 1 heterocycles. The Morgan fingerprint density at radius 3 is 2.25 bits per heavy atom. The monoisotopic (exact) mass is 237 g/mol. The Bertz CT molecular complexity index is 173. The van der Waals surface area contributed by atoms with Gasteiger partial charge in [-0.1, -0.05) is 0 Å². The van der Waals surface area contributed by atoms with Crippen LogP contribution in [0.3, 0.4) is 0 Å². The summed E-state index contributed by atoms with van der Waals surface area (Å²) in [7, 11) is 1.98. The second kappa shape index (κ2) is 2.23. The first-order valence-corrected chi connectivity index (χ1v) is 3.76. The van der Waals surface area contributed by atoms with E-state index in [4.69, 9.17) is 0 Å². The summed E-state index contributed by atoms with van der Waals surface area (Å²) in [6, 6.07) is 2.00. The van der Waals surface area contributed by atoms with Crippen molar-refractivity contribution in [2.24, 2.45) is 7.05 Å². The Labute approximate surface area is 65.0 Å². The first-order chi connectivity index (χ1) is 3.70. The molecule has 0 aliphatic carbocycles. The zero-order chi connectivity index (χ0) is 6.15. The fourth-order valence-corrected chi connectivity index (χ4v) is 1.68. The summed E-state index contributed by atoms with van der Waals surface area (Å²) in [5.41, 5.74) is 0. The molecule has 1 aromatic rings. The predicted octanol–water partition coefficient (Wildman–Crippen LogP) is 2.55. The van der Waals surface area contributed by atoms with E-state index >= 15 is 0 Å². The number of nitrogens with zero attached hydrogens (tertiary/aromatic N) is 1. The molecule has 44 valence electrons. The highest BCUT2D eigenvalue weighted by molar-refractivity contribution is 9.11. The van der Waals surface area contributed by atoms with Crippen LogP contribution in [0.25, 0.3) is 0 Å². The minimum atomic E-state index is 1.09. The fourth-order valence-electron chi connectivity index (χ4n) is 0.500. The van der Waals surface area contributed by atoms with Gasteiger partial charge in [0.15, 0.2) is 0 Å². The van der Waals surface area contributed by atoms with Gasteiger partial charge >= 0.3 is 0 Å². The molecule has 0 aliphatic heterocycles. The molecule has 0 aliphatic rings. The number of rotatable bonds is 0. The molecule has 0 radical (unpaired) electrons. The zero-order valence-electron chi connectivity index (χ0n) is 4.36. The van der Waals surface area contributed by atoms with Crippen LogP contribution >= 0.6 is 31.9 Å². The van der Waals surface area contributed by atoms with Gasteiger partial charge in [0.05, 0.1) is 4.60 Å². The van der Waals surface area contributed by atoms with Gasteiger partial charge in [-0.3, -0.25) is 0 Å². The quantitative estimate of drug-likeness (QED) is 0.655. The molecular weight excluding hydrogens is 234 g/mol. The summed E-state index contributed by atoms with van der Waals surface area (Å²) in [4.78, 5) is 0. The summed E-state index contributed by atoms with van der Waals surface area (Å²) in [6.07, 6.45) is 1.99. The standard InChI is InChI=1S/C5H5Br2N/c1-8-3-4(6)2-5(8)7/h2-3H,1H3. The Balaban J connectivity index is 3.14. The number of hydrogen-bond acceptors (Lipinski definition) is 0. The number of hydrogen-bond donors (Lipinski definition) is 0. The van der Waals surface area contributed by atoms with Gasteiger partial charge in [0.2, 0.25) is 0 Å². The number of halogens is 2. The second-order valence-corrected chi connectivity index (χ2v) is 3.32. The number of aryl methyl sites for hydroxylation is 1. The van der Waals surface area contributed by atoms with Gasteiger partial charge in [0.1, 0.15) is 0 Å². The topological polar surface area (TPSA) is 4.93 Å². The normalized spacial score (nSPS) is 9.88.